The van der Waals surface area contributed by atoms with Crippen molar-refractivity contribution in [1.82, 2.24) is 10.2 Å². The van der Waals surface area contributed by atoms with Crippen LogP contribution in [0.5, 0.6) is 0 Å². The van der Waals surface area contributed by atoms with Gasteiger partial charge in [0, 0.05) is 0 Å². The summed E-state index contributed by atoms with van der Waals surface area (Å²) in [5.41, 5.74) is -0.438. The first-order valence-corrected chi connectivity index (χ1v) is 5.39. The first-order valence-electron chi connectivity index (χ1n) is 4.21. The van der Waals surface area contributed by atoms with E-state index in [1.807, 2.05) is 0 Å². The zero-order chi connectivity index (χ0) is 11.6. The fourth-order valence-electron chi connectivity index (χ4n) is 0.812. The molecule has 1 rings (SSSR count). The second-order valence-electron chi connectivity index (χ2n) is 3.87. The Labute approximate surface area is 101 Å². The summed E-state index contributed by atoms with van der Waals surface area (Å²) in [6.07, 6.45) is 0. The molecular weight excluding hydrogens is 283 g/mol. The highest BCUT2D eigenvalue weighted by Gasteiger charge is 2.21. The predicted octanol–water partition coefficient (Wildman–Crippen LogP) is 2.85. The van der Waals surface area contributed by atoms with Crippen LogP contribution in [0.3, 0.4) is 0 Å². The molecule has 82 valence electrons. The van der Waals surface area contributed by atoms with Crippen LogP contribution in [0.1, 0.15) is 31.3 Å². The smallest absolute Gasteiger partial charge is 0.360 e. The predicted molar refractivity (Wildman–Crippen MR) is 59.9 cm³/mol. The Kier molecular flexibility index (Phi) is 3.67. The lowest BCUT2D eigenvalue weighted by Gasteiger charge is -2.19. The minimum absolute atomic E-state index is 0.120. The van der Waals surface area contributed by atoms with Gasteiger partial charge in [-0.15, -0.1) is 10.2 Å². The molecule has 0 N–H and O–H groups in total. The van der Waals surface area contributed by atoms with Crippen LogP contribution in [0.25, 0.3) is 0 Å². The number of halogens is 2. The minimum Gasteiger partial charge on any atom is -0.455 e. The highest BCUT2D eigenvalue weighted by Crippen LogP contribution is 2.19. The number of hydrogen-bond acceptors (Lipinski definition) is 4. The third-order valence-corrected chi connectivity index (χ3v) is 2.10. The molecule has 15 heavy (non-hydrogen) atoms. The SMILES string of the molecule is CC(C)(C)OC(=O)c1nnc(Cl)cc1Br. The summed E-state index contributed by atoms with van der Waals surface area (Å²) in [6.45, 7) is 5.34. The molecule has 0 amide bonds. The van der Waals surface area contributed by atoms with E-state index >= 15 is 0 Å². The maximum Gasteiger partial charge on any atom is 0.360 e. The maximum atomic E-state index is 11.6. The molecule has 1 heterocycles. The van der Waals surface area contributed by atoms with E-state index in [-0.39, 0.29) is 10.8 Å². The zero-order valence-corrected chi connectivity index (χ0v) is 10.9. The van der Waals surface area contributed by atoms with Gasteiger partial charge in [0.1, 0.15) is 5.60 Å². The van der Waals surface area contributed by atoms with Gasteiger partial charge < -0.3 is 4.74 Å². The Hall–Kier alpha value is -0.680. The van der Waals surface area contributed by atoms with Crippen LogP contribution in [0.2, 0.25) is 5.15 Å². The minimum atomic E-state index is -0.558. The van der Waals surface area contributed by atoms with Crippen molar-refractivity contribution in [1.29, 1.82) is 0 Å². The summed E-state index contributed by atoms with van der Waals surface area (Å²) in [7, 11) is 0. The largest absolute Gasteiger partial charge is 0.455 e. The van der Waals surface area contributed by atoms with Crippen molar-refractivity contribution >= 4 is 33.5 Å². The zero-order valence-electron chi connectivity index (χ0n) is 8.54. The van der Waals surface area contributed by atoms with Gasteiger partial charge in [-0.3, -0.25) is 0 Å². The molecule has 0 saturated heterocycles. The number of hydrogen-bond donors (Lipinski definition) is 0. The normalized spacial score (nSPS) is 11.3. The van der Waals surface area contributed by atoms with Crippen LogP contribution in [0.4, 0.5) is 0 Å². The summed E-state index contributed by atoms with van der Waals surface area (Å²) < 4.78 is 5.60. The molecule has 0 unspecified atom stereocenters. The number of carbonyl (C=O) groups excluding carboxylic acids is 1. The van der Waals surface area contributed by atoms with Crippen molar-refractivity contribution < 1.29 is 9.53 Å². The number of aromatic nitrogens is 2. The lowest BCUT2D eigenvalue weighted by atomic mass is 10.2. The van der Waals surface area contributed by atoms with E-state index in [2.05, 4.69) is 26.1 Å². The van der Waals surface area contributed by atoms with Crippen LogP contribution in [0.15, 0.2) is 10.5 Å². The lowest BCUT2D eigenvalue weighted by molar-refractivity contribution is 0.00604. The van der Waals surface area contributed by atoms with Crippen LogP contribution in [0, 0.1) is 0 Å². The van der Waals surface area contributed by atoms with E-state index in [1.165, 1.54) is 6.07 Å². The van der Waals surface area contributed by atoms with E-state index in [1.54, 1.807) is 20.8 Å². The molecule has 1 aromatic heterocycles. The monoisotopic (exact) mass is 292 g/mol. The highest BCUT2D eigenvalue weighted by atomic mass is 79.9. The van der Waals surface area contributed by atoms with Crippen molar-refractivity contribution in [3.63, 3.8) is 0 Å². The molecule has 6 heteroatoms. The average molecular weight is 294 g/mol. The number of carbonyl (C=O) groups is 1. The molecule has 0 aliphatic carbocycles. The average Bonchev–Trinajstić information content (AvgIpc) is 1.99. The Bertz CT molecular complexity index is 390. The second-order valence-corrected chi connectivity index (χ2v) is 5.11. The Morgan fingerprint density at radius 3 is 2.53 bits per heavy atom. The van der Waals surface area contributed by atoms with E-state index in [9.17, 15) is 4.79 Å². The topological polar surface area (TPSA) is 52.1 Å². The van der Waals surface area contributed by atoms with E-state index in [0.29, 0.717) is 4.47 Å². The van der Waals surface area contributed by atoms with Gasteiger partial charge in [0.25, 0.3) is 0 Å². The van der Waals surface area contributed by atoms with Gasteiger partial charge in [0.05, 0.1) is 4.47 Å². The van der Waals surface area contributed by atoms with E-state index < -0.39 is 11.6 Å². The maximum absolute atomic E-state index is 11.6. The molecule has 4 nitrogen and oxygen atoms in total. The molecule has 0 aromatic carbocycles. The third kappa shape index (κ3) is 3.76. The molecule has 0 saturated carbocycles. The standard InChI is InChI=1S/C9H10BrClN2O2/c1-9(2,3)15-8(14)7-5(10)4-6(11)12-13-7/h4H,1-3H3. The van der Waals surface area contributed by atoms with Gasteiger partial charge in [-0.25, -0.2) is 4.79 Å². The van der Waals surface area contributed by atoms with Crippen LogP contribution in [-0.2, 0) is 4.74 Å². The quantitative estimate of drug-likeness (QED) is 0.747. The van der Waals surface area contributed by atoms with Crippen molar-refractivity contribution in [3.05, 3.63) is 21.4 Å². The van der Waals surface area contributed by atoms with Crippen LogP contribution >= 0.6 is 27.5 Å². The summed E-state index contributed by atoms with van der Waals surface area (Å²) in [5.74, 6) is -0.529. The highest BCUT2D eigenvalue weighted by molar-refractivity contribution is 9.10. The van der Waals surface area contributed by atoms with Crippen molar-refractivity contribution in [3.8, 4) is 0 Å². The summed E-state index contributed by atoms with van der Waals surface area (Å²) in [5, 5.41) is 7.45. The van der Waals surface area contributed by atoms with Gasteiger partial charge in [-0.1, -0.05) is 11.6 Å². The molecule has 0 radical (unpaired) electrons. The van der Waals surface area contributed by atoms with Gasteiger partial charge in [-0.05, 0) is 42.8 Å². The second kappa shape index (κ2) is 4.45. The molecule has 0 aliphatic rings. The third-order valence-electron chi connectivity index (χ3n) is 1.31. The molecule has 0 bridgehead atoms. The fraction of sp³-hybridized carbons (Fsp3) is 0.444. The van der Waals surface area contributed by atoms with Gasteiger partial charge >= 0.3 is 5.97 Å². The Morgan fingerprint density at radius 1 is 1.47 bits per heavy atom. The van der Waals surface area contributed by atoms with E-state index in [4.69, 9.17) is 16.3 Å². The van der Waals surface area contributed by atoms with E-state index in [0.717, 1.165) is 0 Å². The Balaban J connectivity index is 2.92. The number of rotatable bonds is 1. The first kappa shape index (κ1) is 12.4. The number of ether oxygens (including phenoxy) is 1. The first-order chi connectivity index (χ1) is 6.79. The summed E-state index contributed by atoms with van der Waals surface area (Å²) in [4.78, 5) is 11.6. The molecular formula is C9H10BrClN2O2. The number of nitrogens with zero attached hydrogens (tertiary/aromatic N) is 2. The van der Waals surface area contributed by atoms with Crippen LogP contribution in [-0.4, -0.2) is 21.8 Å². The lowest BCUT2D eigenvalue weighted by Crippen LogP contribution is -2.24. The van der Waals surface area contributed by atoms with Crippen molar-refractivity contribution in [2.75, 3.05) is 0 Å². The molecule has 0 aliphatic heterocycles. The number of esters is 1. The molecule has 0 atom stereocenters. The summed E-state index contributed by atoms with van der Waals surface area (Å²) >= 11 is 8.77. The van der Waals surface area contributed by atoms with Crippen molar-refractivity contribution in [2.45, 2.75) is 26.4 Å². The van der Waals surface area contributed by atoms with Gasteiger partial charge in [0.2, 0.25) is 0 Å². The Morgan fingerprint density at radius 2 is 2.07 bits per heavy atom. The molecule has 0 spiro atoms. The van der Waals surface area contributed by atoms with Gasteiger partial charge in [-0.2, -0.15) is 0 Å². The molecule has 0 fully saturated rings. The molecule has 1 aromatic rings. The van der Waals surface area contributed by atoms with Crippen LogP contribution < -0.4 is 0 Å². The fourth-order valence-corrected chi connectivity index (χ4v) is 1.55. The van der Waals surface area contributed by atoms with Crippen molar-refractivity contribution in [2.24, 2.45) is 0 Å². The summed E-state index contributed by atoms with van der Waals surface area (Å²) in [6, 6.07) is 1.49. The van der Waals surface area contributed by atoms with Gasteiger partial charge in [0.15, 0.2) is 10.8 Å².